The van der Waals surface area contributed by atoms with Crippen molar-refractivity contribution in [3.8, 4) is 0 Å². The van der Waals surface area contributed by atoms with E-state index in [2.05, 4.69) is 17.6 Å². The molecule has 2 amide bonds. The van der Waals surface area contributed by atoms with Crippen LogP contribution in [-0.4, -0.2) is 24.4 Å². The van der Waals surface area contributed by atoms with Crippen molar-refractivity contribution in [1.82, 2.24) is 10.6 Å². The Morgan fingerprint density at radius 2 is 1.20 bits per heavy atom. The molecule has 0 aromatic rings. The second-order valence-corrected chi connectivity index (χ2v) is 9.45. The van der Waals surface area contributed by atoms with Crippen LogP contribution in [0.15, 0.2) is 0 Å². The SMILES string of the molecule is CCCCCCCCCCCCCCCCNC(=O)C(C)NC(=O)C1CCCCC1. The highest BCUT2D eigenvalue weighted by Gasteiger charge is 2.24. The lowest BCUT2D eigenvalue weighted by Gasteiger charge is -2.23. The summed E-state index contributed by atoms with van der Waals surface area (Å²) in [7, 11) is 0. The molecule has 0 heterocycles. The molecular formula is C26H50N2O2. The number of rotatable bonds is 18. The van der Waals surface area contributed by atoms with Crippen LogP contribution >= 0.6 is 0 Å². The van der Waals surface area contributed by atoms with Crippen LogP contribution in [-0.2, 0) is 9.59 Å². The Bertz CT molecular complexity index is 433. The van der Waals surface area contributed by atoms with E-state index in [1.165, 1.54) is 89.9 Å². The second-order valence-electron chi connectivity index (χ2n) is 9.45. The third-order valence-electron chi connectivity index (χ3n) is 6.56. The molecule has 1 rings (SSSR count). The molecule has 1 atom stereocenters. The quantitative estimate of drug-likeness (QED) is 0.242. The third kappa shape index (κ3) is 14.0. The molecule has 4 heteroatoms. The molecule has 0 aromatic carbocycles. The molecule has 1 aliphatic rings. The molecular weight excluding hydrogens is 372 g/mol. The molecule has 1 aliphatic carbocycles. The average molecular weight is 423 g/mol. The van der Waals surface area contributed by atoms with Crippen LogP contribution in [0.3, 0.4) is 0 Å². The van der Waals surface area contributed by atoms with Gasteiger partial charge in [0.15, 0.2) is 0 Å². The molecule has 0 spiro atoms. The van der Waals surface area contributed by atoms with Crippen molar-refractivity contribution < 1.29 is 9.59 Å². The Hall–Kier alpha value is -1.06. The summed E-state index contributed by atoms with van der Waals surface area (Å²) < 4.78 is 0. The fraction of sp³-hybridized carbons (Fsp3) is 0.923. The van der Waals surface area contributed by atoms with Gasteiger partial charge in [-0.25, -0.2) is 0 Å². The predicted molar refractivity (Wildman–Crippen MR) is 128 cm³/mol. The van der Waals surface area contributed by atoms with Gasteiger partial charge in [0.2, 0.25) is 11.8 Å². The Labute approximate surface area is 186 Å². The van der Waals surface area contributed by atoms with Crippen LogP contribution in [0.2, 0.25) is 0 Å². The molecule has 0 radical (unpaired) electrons. The molecule has 0 aromatic heterocycles. The van der Waals surface area contributed by atoms with Crippen LogP contribution < -0.4 is 10.6 Å². The standard InChI is InChI=1S/C26H50N2O2/c1-3-4-5-6-7-8-9-10-11-12-13-14-15-19-22-27-25(29)23(2)28-26(30)24-20-17-16-18-21-24/h23-24H,3-22H2,1-2H3,(H,27,29)(H,28,30). The van der Waals surface area contributed by atoms with Gasteiger partial charge in [-0.15, -0.1) is 0 Å². The first-order valence-corrected chi connectivity index (χ1v) is 13.2. The van der Waals surface area contributed by atoms with Gasteiger partial charge in [0.1, 0.15) is 6.04 Å². The Balaban J connectivity index is 1.86. The van der Waals surface area contributed by atoms with Crippen molar-refractivity contribution in [2.45, 2.75) is 142 Å². The molecule has 4 nitrogen and oxygen atoms in total. The number of nitrogens with one attached hydrogen (secondary N) is 2. The number of hydrogen-bond donors (Lipinski definition) is 2. The van der Waals surface area contributed by atoms with Gasteiger partial charge >= 0.3 is 0 Å². The maximum absolute atomic E-state index is 12.2. The highest BCUT2D eigenvalue weighted by molar-refractivity contribution is 5.88. The molecule has 1 unspecified atom stereocenters. The minimum atomic E-state index is -0.425. The van der Waals surface area contributed by atoms with Gasteiger partial charge < -0.3 is 10.6 Å². The molecule has 0 saturated heterocycles. The minimum absolute atomic E-state index is 0.0474. The lowest BCUT2D eigenvalue weighted by atomic mass is 9.88. The van der Waals surface area contributed by atoms with Crippen molar-refractivity contribution in [2.24, 2.45) is 5.92 Å². The second kappa shape index (κ2) is 18.7. The van der Waals surface area contributed by atoms with Crippen molar-refractivity contribution in [2.75, 3.05) is 6.54 Å². The van der Waals surface area contributed by atoms with Gasteiger partial charge in [-0.1, -0.05) is 110 Å². The van der Waals surface area contributed by atoms with E-state index >= 15 is 0 Å². The molecule has 0 aliphatic heterocycles. The highest BCUT2D eigenvalue weighted by atomic mass is 16.2. The number of amides is 2. The first-order chi connectivity index (χ1) is 14.6. The number of carbonyl (C=O) groups excluding carboxylic acids is 2. The number of hydrogen-bond acceptors (Lipinski definition) is 2. The Morgan fingerprint density at radius 3 is 1.70 bits per heavy atom. The Morgan fingerprint density at radius 1 is 0.733 bits per heavy atom. The third-order valence-corrected chi connectivity index (χ3v) is 6.56. The predicted octanol–water partition coefficient (Wildman–Crippen LogP) is 6.67. The summed E-state index contributed by atoms with van der Waals surface area (Å²) in [4.78, 5) is 24.4. The molecule has 30 heavy (non-hydrogen) atoms. The van der Waals surface area contributed by atoms with Gasteiger partial charge in [-0.3, -0.25) is 9.59 Å². The van der Waals surface area contributed by atoms with Gasteiger partial charge in [-0.05, 0) is 26.2 Å². The summed E-state index contributed by atoms with van der Waals surface area (Å²) in [5.41, 5.74) is 0. The number of carbonyl (C=O) groups is 2. The molecule has 1 fully saturated rings. The summed E-state index contributed by atoms with van der Waals surface area (Å²) in [5, 5.41) is 5.88. The minimum Gasteiger partial charge on any atom is -0.354 e. The monoisotopic (exact) mass is 422 g/mol. The molecule has 2 N–H and O–H groups in total. The van der Waals surface area contributed by atoms with E-state index in [1.54, 1.807) is 6.92 Å². The van der Waals surface area contributed by atoms with Crippen molar-refractivity contribution in [3.63, 3.8) is 0 Å². The van der Waals surface area contributed by atoms with Crippen LogP contribution in [0.1, 0.15) is 136 Å². The van der Waals surface area contributed by atoms with E-state index in [0.717, 1.165) is 38.6 Å². The molecule has 1 saturated carbocycles. The molecule has 176 valence electrons. The normalized spacial score (nSPS) is 15.7. The average Bonchev–Trinajstić information content (AvgIpc) is 2.76. The van der Waals surface area contributed by atoms with Crippen molar-refractivity contribution in [3.05, 3.63) is 0 Å². The van der Waals surface area contributed by atoms with Crippen LogP contribution in [0.4, 0.5) is 0 Å². The zero-order chi connectivity index (χ0) is 21.9. The van der Waals surface area contributed by atoms with E-state index in [-0.39, 0.29) is 17.7 Å². The van der Waals surface area contributed by atoms with Crippen LogP contribution in [0.25, 0.3) is 0 Å². The maximum Gasteiger partial charge on any atom is 0.242 e. The summed E-state index contributed by atoms with van der Waals surface area (Å²) in [5.74, 6) is 0.127. The van der Waals surface area contributed by atoms with Gasteiger partial charge in [-0.2, -0.15) is 0 Å². The van der Waals surface area contributed by atoms with Gasteiger partial charge in [0, 0.05) is 12.5 Å². The Kier molecular flexibility index (Phi) is 16.8. The molecule has 0 bridgehead atoms. The van der Waals surface area contributed by atoms with Gasteiger partial charge in [0.25, 0.3) is 0 Å². The fourth-order valence-corrected chi connectivity index (χ4v) is 4.45. The van der Waals surface area contributed by atoms with E-state index in [1.807, 2.05) is 0 Å². The topological polar surface area (TPSA) is 58.2 Å². The zero-order valence-electron chi connectivity index (χ0n) is 20.1. The summed E-state index contributed by atoms with van der Waals surface area (Å²) >= 11 is 0. The maximum atomic E-state index is 12.2. The first kappa shape index (κ1) is 27.0. The van der Waals surface area contributed by atoms with E-state index in [4.69, 9.17) is 0 Å². The smallest absolute Gasteiger partial charge is 0.242 e. The number of unbranched alkanes of at least 4 members (excludes halogenated alkanes) is 13. The van der Waals surface area contributed by atoms with Crippen molar-refractivity contribution >= 4 is 11.8 Å². The summed E-state index contributed by atoms with van der Waals surface area (Å²) in [6.45, 7) is 4.79. The fourth-order valence-electron chi connectivity index (χ4n) is 4.45. The lowest BCUT2D eigenvalue weighted by molar-refractivity contribution is -0.131. The highest BCUT2D eigenvalue weighted by Crippen LogP contribution is 2.23. The van der Waals surface area contributed by atoms with Gasteiger partial charge in [0.05, 0.1) is 0 Å². The summed E-state index contributed by atoms with van der Waals surface area (Å²) in [6, 6.07) is -0.425. The largest absolute Gasteiger partial charge is 0.354 e. The van der Waals surface area contributed by atoms with E-state index in [0.29, 0.717) is 0 Å². The van der Waals surface area contributed by atoms with E-state index < -0.39 is 6.04 Å². The van der Waals surface area contributed by atoms with E-state index in [9.17, 15) is 9.59 Å². The van der Waals surface area contributed by atoms with Crippen molar-refractivity contribution in [1.29, 1.82) is 0 Å². The zero-order valence-corrected chi connectivity index (χ0v) is 20.1. The lowest BCUT2D eigenvalue weighted by Crippen LogP contribution is -2.47. The summed E-state index contributed by atoms with van der Waals surface area (Å²) in [6.07, 6.45) is 24.2. The first-order valence-electron chi connectivity index (χ1n) is 13.2. The van der Waals surface area contributed by atoms with Crippen LogP contribution in [0, 0.1) is 5.92 Å². The van der Waals surface area contributed by atoms with Crippen LogP contribution in [0.5, 0.6) is 0 Å².